The van der Waals surface area contributed by atoms with Gasteiger partial charge in [-0.05, 0) is 0 Å². The Hall–Kier alpha value is -0.870. The molecule has 1 rings (SSSR count). The van der Waals surface area contributed by atoms with Gasteiger partial charge in [-0.25, -0.2) is 4.79 Å². The van der Waals surface area contributed by atoms with E-state index in [4.69, 9.17) is 4.74 Å². The number of methoxy groups -OCH3 is 1. The molecule has 1 fully saturated rings. The average Bonchev–Trinajstić information content (AvgIpc) is 2.20. The van der Waals surface area contributed by atoms with Crippen LogP contribution in [0.2, 0.25) is 0 Å². The van der Waals surface area contributed by atoms with Gasteiger partial charge in [-0.1, -0.05) is 6.58 Å². The number of hydrogen-bond acceptors (Lipinski definition) is 4. The fraction of sp³-hybridized carbons (Fsp3) is 0.625. The molecule has 0 atom stereocenters. The Bertz CT molecular complexity index is 121. The van der Waals surface area contributed by atoms with Crippen molar-refractivity contribution < 1.29 is 14.3 Å². The third-order valence-corrected chi connectivity index (χ3v) is 1.21. The van der Waals surface area contributed by atoms with Crippen LogP contribution < -0.4 is 5.32 Å². The summed E-state index contributed by atoms with van der Waals surface area (Å²) in [5, 5.41) is 3.16. The molecular formula is C8H15NO3. The molecule has 0 radical (unpaired) electrons. The van der Waals surface area contributed by atoms with Gasteiger partial charge in [0.25, 0.3) is 0 Å². The first-order chi connectivity index (χ1) is 5.81. The third-order valence-electron chi connectivity index (χ3n) is 1.21. The molecule has 0 amide bonds. The van der Waals surface area contributed by atoms with Gasteiger partial charge in [0.1, 0.15) is 0 Å². The topological polar surface area (TPSA) is 47.6 Å². The van der Waals surface area contributed by atoms with Crippen LogP contribution in [0.4, 0.5) is 0 Å². The van der Waals surface area contributed by atoms with Crippen LogP contribution in [-0.4, -0.2) is 39.4 Å². The molecule has 12 heavy (non-hydrogen) atoms. The van der Waals surface area contributed by atoms with E-state index in [1.807, 2.05) is 0 Å². The maximum atomic E-state index is 9.84. The molecule has 0 spiro atoms. The Morgan fingerprint density at radius 1 is 1.58 bits per heavy atom. The van der Waals surface area contributed by atoms with E-state index in [-0.39, 0.29) is 0 Å². The lowest BCUT2D eigenvalue weighted by Crippen LogP contribution is -2.30. The van der Waals surface area contributed by atoms with Gasteiger partial charge in [0, 0.05) is 19.2 Å². The van der Waals surface area contributed by atoms with E-state index >= 15 is 0 Å². The van der Waals surface area contributed by atoms with Crippen LogP contribution >= 0.6 is 0 Å². The smallest absolute Gasteiger partial charge is 0.329 e. The Morgan fingerprint density at radius 2 is 2.17 bits per heavy atom. The van der Waals surface area contributed by atoms with Crippen molar-refractivity contribution >= 4 is 5.97 Å². The molecule has 0 aromatic rings. The second kappa shape index (κ2) is 8.23. The highest BCUT2D eigenvalue weighted by molar-refractivity contribution is 5.80. The normalized spacial score (nSPS) is 15.4. The Labute approximate surface area is 72.5 Å². The van der Waals surface area contributed by atoms with E-state index in [9.17, 15) is 4.79 Å². The molecule has 1 N–H and O–H groups in total. The molecule has 0 aromatic heterocycles. The molecule has 70 valence electrons. The third kappa shape index (κ3) is 7.24. The van der Waals surface area contributed by atoms with E-state index in [2.05, 4.69) is 16.6 Å². The highest BCUT2D eigenvalue weighted by atomic mass is 16.5. The quantitative estimate of drug-likeness (QED) is 0.446. The largest absolute Gasteiger partial charge is 0.466 e. The number of esters is 1. The van der Waals surface area contributed by atoms with Crippen molar-refractivity contribution in [2.45, 2.75) is 0 Å². The summed E-state index contributed by atoms with van der Waals surface area (Å²) in [6, 6.07) is 0. The van der Waals surface area contributed by atoms with Crippen LogP contribution in [0, 0.1) is 0 Å². The van der Waals surface area contributed by atoms with Crippen LogP contribution in [0.25, 0.3) is 0 Å². The molecular weight excluding hydrogens is 158 g/mol. The van der Waals surface area contributed by atoms with Crippen molar-refractivity contribution in [3.63, 3.8) is 0 Å². The minimum Gasteiger partial charge on any atom is -0.466 e. The predicted molar refractivity (Wildman–Crippen MR) is 45.9 cm³/mol. The number of nitrogens with one attached hydrogen (secondary N) is 1. The molecule has 0 unspecified atom stereocenters. The predicted octanol–water partition coefficient (Wildman–Crippen LogP) is -0.0484. The molecule has 0 aliphatic carbocycles. The standard InChI is InChI=1S/C4H9NO.C4H6O2/c1-3-6-4-2-5-1;1-3-4(5)6-2/h5H,1-4H2;3H,1H2,2H3. The van der Waals surface area contributed by atoms with Gasteiger partial charge >= 0.3 is 5.97 Å². The van der Waals surface area contributed by atoms with Gasteiger partial charge in [-0.2, -0.15) is 0 Å². The van der Waals surface area contributed by atoms with E-state index in [0.717, 1.165) is 32.4 Å². The minimum atomic E-state index is -0.394. The fourth-order valence-electron chi connectivity index (χ4n) is 0.599. The number of ether oxygens (including phenoxy) is 2. The van der Waals surface area contributed by atoms with Crippen molar-refractivity contribution in [1.82, 2.24) is 5.32 Å². The van der Waals surface area contributed by atoms with Gasteiger partial charge in [-0.15, -0.1) is 0 Å². The highest BCUT2D eigenvalue weighted by Gasteiger charge is 1.92. The maximum absolute atomic E-state index is 9.84. The van der Waals surface area contributed by atoms with Crippen LogP contribution in [0.1, 0.15) is 0 Å². The van der Waals surface area contributed by atoms with Gasteiger partial charge in [-0.3, -0.25) is 0 Å². The average molecular weight is 173 g/mol. The molecule has 1 aliphatic heterocycles. The van der Waals surface area contributed by atoms with Crippen molar-refractivity contribution in [3.05, 3.63) is 12.7 Å². The molecule has 0 aromatic carbocycles. The summed E-state index contributed by atoms with van der Waals surface area (Å²) < 4.78 is 9.15. The van der Waals surface area contributed by atoms with Crippen molar-refractivity contribution in [2.24, 2.45) is 0 Å². The highest BCUT2D eigenvalue weighted by Crippen LogP contribution is 1.76. The van der Waals surface area contributed by atoms with Crippen LogP contribution in [0.3, 0.4) is 0 Å². The molecule has 1 saturated heterocycles. The van der Waals surface area contributed by atoms with E-state index in [0.29, 0.717) is 0 Å². The van der Waals surface area contributed by atoms with E-state index in [1.165, 1.54) is 7.11 Å². The number of morpholine rings is 1. The number of carbonyl (C=O) groups is 1. The van der Waals surface area contributed by atoms with Crippen LogP contribution in [0.5, 0.6) is 0 Å². The molecule has 1 aliphatic rings. The van der Waals surface area contributed by atoms with E-state index < -0.39 is 5.97 Å². The maximum Gasteiger partial charge on any atom is 0.329 e. The first kappa shape index (κ1) is 11.1. The van der Waals surface area contributed by atoms with Crippen molar-refractivity contribution in [2.75, 3.05) is 33.4 Å². The first-order valence-corrected chi connectivity index (χ1v) is 3.80. The van der Waals surface area contributed by atoms with Gasteiger partial charge in [0.15, 0.2) is 0 Å². The summed E-state index contributed by atoms with van der Waals surface area (Å²) in [4.78, 5) is 9.84. The zero-order chi connectivity index (χ0) is 9.23. The Balaban J connectivity index is 0.000000202. The summed E-state index contributed by atoms with van der Waals surface area (Å²) in [6.45, 7) is 6.99. The van der Waals surface area contributed by atoms with Crippen LogP contribution in [-0.2, 0) is 14.3 Å². The van der Waals surface area contributed by atoms with Gasteiger partial charge in [0.05, 0.1) is 20.3 Å². The summed E-state index contributed by atoms with van der Waals surface area (Å²) in [5.41, 5.74) is 0. The summed E-state index contributed by atoms with van der Waals surface area (Å²) in [5.74, 6) is -0.394. The molecule has 4 heteroatoms. The van der Waals surface area contributed by atoms with E-state index in [1.54, 1.807) is 0 Å². The number of hydrogen-bond donors (Lipinski definition) is 1. The summed E-state index contributed by atoms with van der Waals surface area (Å²) in [7, 11) is 1.31. The zero-order valence-corrected chi connectivity index (χ0v) is 7.34. The molecule has 4 nitrogen and oxygen atoms in total. The molecule has 0 saturated carbocycles. The monoisotopic (exact) mass is 173 g/mol. The molecule has 0 bridgehead atoms. The first-order valence-electron chi connectivity index (χ1n) is 3.80. The lowest BCUT2D eigenvalue weighted by atomic mass is 10.5. The van der Waals surface area contributed by atoms with Crippen molar-refractivity contribution in [1.29, 1.82) is 0 Å². The fourth-order valence-corrected chi connectivity index (χ4v) is 0.599. The Kier molecular flexibility index (Phi) is 7.63. The number of rotatable bonds is 1. The number of carbonyl (C=O) groups excluding carboxylic acids is 1. The second-order valence-electron chi connectivity index (χ2n) is 2.09. The van der Waals surface area contributed by atoms with Crippen LogP contribution in [0.15, 0.2) is 12.7 Å². The van der Waals surface area contributed by atoms with Crippen molar-refractivity contribution in [3.8, 4) is 0 Å². The lowest BCUT2D eigenvalue weighted by Gasteiger charge is -2.10. The lowest BCUT2D eigenvalue weighted by molar-refractivity contribution is -0.134. The SMILES string of the molecule is C1COCCN1.C=CC(=O)OC. The second-order valence-corrected chi connectivity index (χ2v) is 2.09. The summed E-state index contributed by atoms with van der Waals surface area (Å²) in [6.07, 6.45) is 1.11. The zero-order valence-electron chi connectivity index (χ0n) is 7.34. The van der Waals surface area contributed by atoms with Gasteiger partial charge in [0.2, 0.25) is 0 Å². The summed E-state index contributed by atoms with van der Waals surface area (Å²) >= 11 is 0. The minimum absolute atomic E-state index is 0.394. The Morgan fingerprint density at radius 3 is 2.25 bits per heavy atom. The molecule has 1 heterocycles. The van der Waals surface area contributed by atoms with Gasteiger partial charge < -0.3 is 14.8 Å².